The summed E-state index contributed by atoms with van der Waals surface area (Å²) in [6, 6.07) is 14.6. The number of halogens is 4. The standard InChI is InChI=1S/C23H12F4N2/c24-13-9-15-19-5-1-3-7-28(19)23(22(15)18(27)12-13)16-10-14(25)11-17(26)21(16)20-6-2-4-8-29(20)23/h1-12H/q+2. The maximum absolute atomic E-state index is 15.3. The van der Waals surface area contributed by atoms with Gasteiger partial charge in [0.05, 0.1) is 5.56 Å². The molecule has 1 unspecified atom stereocenters. The number of hydrogen-bond acceptors (Lipinski definition) is 0. The zero-order valence-corrected chi connectivity index (χ0v) is 14.8. The summed E-state index contributed by atoms with van der Waals surface area (Å²) >= 11 is 0. The highest BCUT2D eigenvalue weighted by atomic mass is 19.1. The summed E-state index contributed by atoms with van der Waals surface area (Å²) in [5.41, 5.74) is 0.612. The third kappa shape index (κ3) is 1.81. The van der Waals surface area contributed by atoms with E-state index < -0.39 is 28.9 Å². The first kappa shape index (κ1) is 16.4. The molecule has 2 aliphatic heterocycles. The van der Waals surface area contributed by atoms with Crippen LogP contribution in [0.1, 0.15) is 11.1 Å². The van der Waals surface area contributed by atoms with E-state index in [1.807, 2.05) is 0 Å². The molecule has 1 spiro atoms. The van der Waals surface area contributed by atoms with Gasteiger partial charge in [-0.25, -0.2) is 17.6 Å². The van der Waals surface area contributed by atoms with Gasteiger partial charge in [0, 0.05) is 36.4 Å². The number of nitrogens with zero attached hydrogens (tertiary/aromatic N) is 2. The van der Waals surface area contributed by atoms with E-state index in [4.69, 9.17) is 0 Å². The normalized spacial score (nSPS) is 17.8. The molecule has 6 rings (SSSR count). The lowest BCUT2D eigenvalue weighted by molar-refractivity contribution is -0.955. The van der Waals surface area contributed by atoms with Crippen molar-refractivity contribution in [3.8, 4) is 22.5 Å². The summed E-state index contributed by atoms with van der Waals surface area (Å²) in [6.07, 6.45) is 3.42. The Kier molecular flexibility index (Phi) is 2.99. The summed E-state index contributed by atoms with van der Waals surface area (Å²) in [6.45, 7) is 0. The van der Waals surface area contributed by atoms with E-state index in [-0.39, 0.29) is 16.7 Å². The highest BCUT2D eigenvalue weighted by Crippen LogP contribution is 2.48. The molecule has 1 atom stereocenters. The minimum atomic E-state index is -1.40. The van der Waals surface area contributed by atoms with Crippen LogP contribution in [-0.4, -0.2) is 0 Å². The van der Waals surface area contributed by atoms with Crippen molar-refractivity contribution in [1.82, 2.24) is 0 Å². The largest absolute Gasteiger partial charge is 0.420 e. The van der Waals surface area contributed by atoms with Crippen molar-refractivity contribution in [2.75, 3.05) is 0 Å². The number of hydrogen-bond donors (Lipinski definition) is 0. The molecule has 0 N–H and O–H groups in total. The van der Waals surface area contributed by atoms with E-state index in [0.29, 0.717) is 17.0 Å². The number of rotatable bonds is 0. The minimum absolute atomic E-state index is 0.159. The Balaban J connectivity index is 1.91. The fourth-order valence-electron chi connectivity index (χ4n) is 4.86. The van der Waals surface area contributed by atoms with Gasteiger partial charge in [0.1, 0.15) is 34.4 Å². The van der Waals surface area contributed by atoms with Crippen molar-refractivity contribution in [3.63, 3.8) is 0 Å². The van der Waals surface area contributed by atoms with Gasteiger partial charge < -0.3 is 0 Å². The van der Waals surface area contributed by atoms with E-state index in [9.17, 15) is 13.2 Å². The predicted molar refractivity (Wildman–Crippen MR) is 95.6 cm³/mol. The molecule has 2 aliphatic rings. The second-order valence-corrected chi connectivity index (χ2v) is 7.20. The quantitative estimate of drug-likeness (QED) is 0.272. The highest BCUT2D eigenvalue weighted by Gasteiger charge is 2.68. The van der Waals surface area contributed by atoms with Crippen LogP contribution >= 0.6 is 0 Å². The molecule has 2 nitrogen and oxygen atoms in total. The summed E-state index contributed by atoms with van der Waals surface area (Å²) in [5, 5.41) is 0. The van der Waals surface area contributed by atoms with Gasteiger partial charge in [-0.3, -0.25) is 0 Å². The lowest BCUT2D eigenvalue weighted by atomic mass is 9.89. The monoisotopic (exact) mass is 392 g/mol. The van der Waals surface area contributed by atoms with Gasteiger partial charge >= 0.3 is 5.66 Å². The molecular weight excluding hydrogens is 380 g/mol. The van der Waals surface area contributed by atoms with Crippen molar-refractivity contribution >= 4 is 0 Å². The van der Waals surface area contributed by atoms with Gasteiger partial charge in [0.15, 0.2) is 18.0 Å². The van der Waals surface area contributed by atoms with E-state index >= 15 is 4.39 Å². The van der Waals surface area contributed by atoms with Crippen molar-refractivity contribution < 1.29 is 26.7 Å². The molecule has 0 saturated heterocycles. The van der Waals surface area contributed by atoms with Crippen molar-refractivity contribution in [1.29, 1.82) is 0 Å². The lowest BCUT2D eigenvalue weighted by Crippen LogP contribution is -2.71. The van der Waals surface area contributed by atoms with Crippen LogP contribution < -0.4 is 9.13 Å². The minimum Gasteiger partial charge on any atom is -0.207 e. The van der Waals surface area contributed by atoms with Crippen LogP contribution in [0, 0.1) is 23.3 Å². The van der Waals surface area contributed by atoms with Crippen LogP contribution in [0.5, 0.6) is 0 Å². The number of aromatic nitrogens is 2. The molecule has 2 aromatic heterocycles. The Labute approximate surface area is 162 Å². The van der Waals surface area contributed by atoms with E-state index in [0.717, 1.165) is 12.1 Å². The van der Waals surface area contributed by atoms with Crippen molar-refractivity contribution in [2.24, 2.45) is 0 Å². The number of fused-ring (bicyclic) bond motifs is 10. The molecule has 0 radical (unpaired) electrons. The fraction of sp³-hybridized carbons (Fsp3) is 0.0435. The summed E-state index contributed by atoms with van der Waals surface area (Å²) in [4.78, 5) is 0. The first-order valence-electron chi connectivity index (χ1n) is 9.05. The molecule has 0 bridgehead atoms. The van der Waals surface area contributed by atoms with E-state index in [2.05, 4.69) is 0 Å². The van der Waals surface area contributed by atoms with Gasteiger partial charge in [-0.2, -0.15) is 0 Å². The number of benzene rings is 2. The number of pyridine rings is 2. The average molecular weight is 392 g/mol. The molecule has 4 aromatic rings. The van der Waals surface area contributed by atoms with Crippen LogP contribution in [0.4, 0.5) is 17.6 Å². The van der Waals surface area contributed by atoms with Gasteiger partial charge in [-0.05, 0) is 24.3 Å². The maximum atomic E-state index is 15.3. The molecule has 4 heterocycles. The zero-order chi connectivity index (χ0) is 19.9. The Morgan fingerprint density at radius 1 is 0.655 bits per heavy atom. The smallest absolute Gasteiger partial charge is 0.207 e. The van der Waals surface area contributed by atoms with E-state index in [1.165, 1.54) is 12.1 Å². The molecule has 0 fully saturated rings. The molecular formula is C23H12F4N2+2. The summed E-state index contributed by atoms with van der Waals surface area (Å²) < 4.78 is 62.3. The topological polar surface area (TPSA) is 7.76 Å². The average Bonchev–Trinajstić information content (AvgIpc) is 3.15. The van der Waals surface area contributed by atoms with Gasteiger partial charge in [0.25, 0.3) is 0 Å². The van der Waals surface area contributed by atoms with Gasteiger partial charge in [-0.15, -0.1) is 9.13 Å². The maximum Gasteiger partial charge on any atom is 0.420 e. The predicted octanol–water partition coefficient (Wildman–Crippen LogP) is 4.08. The molecule has 140 valence electrons. The Morgan fingerprint density at radius 3 is 2.03 bits per heavy atom. The molecule has 0 amide bonds. The third-order valence-corrected chi connectivity index (χ3v) is 5.78. The Hall–Kier alpha value is -3.54. The van der Waals surface area contributed by atoms with Crippen LogP contribution in [0.25, 0.3) is 22.5 Å². The molecule has 2 aromatic carbocycles. The van der Waals surface area contributed by atoms with Crippen LogP contribution in [0.15, 0.2) is 73.1 Å². The highest BCUT2D eigenvalue weighted by molar-refractivity contribution is 5.74. The first-order valence-corrected chi connectivity index (χ1v) is 9.05. The van der Waals surface area contributed by atoms with Crippen LogP contribution in [0.2, 0.25) is 0 Å². The second-order valence-electron chi connectivity index (χ2n) is 7.20. The van der Waals surface area contributed by atoms with Crippen LogP contribution in [0.3, 0.4) is 0 Å². The van der Waals surface area contributed by atoms with E-state index in [1.54, 1.807) is 57.9 Å². The Morgan fingerprint density at radius 2 is 1.28 bits per heavy atom. The molecule has 0 saturated carbocycles. The zero-order valence-electron chi connectivity index (χ0n) is 14.8. The molecule has 0 aliphatic carbocycles. The van der Waals surface area contributed by atoms with Gasteiger partial charge in [0.2, 0.25) is 11.4 Å². The Bertz CT molecular complexity index is 1370. The fourth-order valence-corrected chi connectivity index (χ4v) is 4.86. The van der Waals surface area contributed by atoms with Crippen molar-refractivity contribution in [2.45, 2.75) is 5.66 Å². The summed E-state index contributed by atoms with van der Waals surface area (Å²) in [7, 11) is 0. The summed E-state index contributed by atoms with van der Waals surface area (Å²) in [5.74, 6) is -2.98. The lowest BCUT2D eigenvalue weighted by Gasteiger charge is -2.17. The first-order chi connectivity index (χ1) is 14.0. The molecule has 29 heavy (non-hydrogen) atoms. The SMILES string of the molecule is Fc1cc(F)c2c(c1)-c1cccc[n+]1C21c2cc(F)cc(F)c2-c2cccc[n+]21. The van der Waals surface area contributed by atoms with Crippen molar-refractivity contribution in [3.05, 3.63) is 107 Å². The molecule has 6 heteroatoms. The third-order valence-electron chi connectivity index (χ3n) is 5.78. The van der Waals surface area contributed by atoms with Gasteiger partial charge in [-0.1, -0.05) is 0 Å². The van der Waals surface area contributed by atoms with Crippen LogP contribution in [-0.2, 0) is 5.66 Å². The second kappa shape index (κ2) is 5.29.